The standard InChI is InChI=1S/C15H20Cl2N4O.C12H25NO5.C5H10O2/c1-10-9-21(11-5-6-12(16)13(17)8-11)20-15(10)19-14(22)4-3-7-18-2;1-13-3-6-16-8-10-18-12-11-17-9-7-15-5-2-4-14;1-5(2,3)7-4-6/h5-6,8,10,18H,3-4,7,9H2,1-2H3,(H,19,20,22);4,13H,2-3,5-12H2,1H3;4H,1-3H3. The second-order valence-electron chi connectivity index (χ2n) is 11.2. The second-order valence-corrected chi connectivity index (χ2v) is 12.0. The molecular formula is C32H55Cl2N5O8. The van der Waals surface area contributed by atoms with Crippen LogP contribution >= 0.6 is 23.2 Å². The Hall–Kier alpha value is -2.36. The van der Waals surface area contributed by atoms with Crippen molar-refractivity contribution in [3.63, 3.8) is 0 Å². The lowest BCUT2D eigenvalue weighted by Gasteiger charge is -2.14. The largest absolute Gasteiger partial charge is 0.462 e. The molecule has 13 nitrogen and oxygen atoms in total. The van der Waals surface area contributed by atoms with Gasteiger partial charge in [-0.1, -0.05) is 30.1 Å². The van der Waals surface area contributed by atoms with E-state index >= 15 is 0 Å². The minimum atomic E-state index is -0.318. The van der Waals surface area contributed by atoms with E-state index in [1.165, 1.54) is 0 Å². The lowest BCUT2D eigenvalue weighted by molar-refractivity contribution is -0.138. The number of hydrogen-bond donors (Lipinski definition) is 3. The predicted molar refractivity (Wildman–Crippen MR) is 186 cm³/mol. The van der Waals surface area contributed by atoms with Crippen LogP contribution in [0.25, 0.3) is 0 Å². The summed E-state index contributed by atoms with van der Waals surface area (Å²) in [5.41, 5.74) is 0.544. The van der Waals surface area contributed by atoms with Crippen LogP contribution in [0.3, 0.4) is 0 Å². The molecule has 270 valence electrons. The number of amidine groups is 1. The number of aldehydes is 1. The van der Waals surface area contributed by atoms with Crippen molar-refractivity contribution in [2.75, 3.05) is 91.6 Å². The van der Waals surface area contributed by atoms with Gasteiger partial charge in [0.05, 0.1) is 75.1 Å². The number of ether oxygens (including phenoxy) is 5. The number of likely N-dealkylation sites (N-methyl/N-ethyl adjacent to an activating group) is 1. The molecular weight excluding hydrogens is 653 g/mol. The van der Waals surface area contributed by atoms with Gasteiger partial charge in [0.2, 0.25) is 5.91 Å². The number of hydrogen-bond acceptors (Lipinski definition) is 12. The summed E-state index contributed by atoms with van der Waals surface area (Å²) in [5.74, 6) is 0.847. The van der Waals surface area contributed by atoms with Crippen LogP contribution in [0, 0.1) is 5.92 Å². The van der Waals surface area contributed by atoms with Gasteiger partial charge in [0.25, 0.3) is 6.47 Å². The number of carbonyl (C=O) groups excluding carboxylic acids is 3. The van der Waals surface area contributed by atoms with Crippen LogP contribution in [0.15, 0.2) is 23.3 Å². The van der Waals surface area contributed by atoms with E-state index in [-0.39, 0.29) is 17.4 Å². The fourth-order valence-electron chi connectivity index (χ4n) is 3.42. The van der Waals surface area contributed by atoms with Gasteiger partial charge in [0.15, 0.2) is 0 Å². The molecule has 1 unspecified atom stereocenters. The van der Waals surface area contributed by atoms with E-state index in [1.807, 2.05) is 52.9 Å². The third kappa shape index (κ3) is 25.3. The number of carbonyl (C=O) groups is 3. The monoisotopic (exact) mass is 707 g/mol. The van der Waals surface area contributed by atoms with Crippen molar-refractivity contribution in [2.24, 2.45) is 11.0 Å². The highest BCUT2D eigenvalue weighted by atomic mass is 35.5. The van der Waals surface area contributed by atoms with Crippen LogP contribution in [-0.4, -0.2) is 117 Å². The molecule has 1 heterocycles. The SMILES string of the molecule is CC(C)(C)OC=O.CNCCCC(=O)NC1=NN(c2ccc(Cl)c(Cl)c2)CC1C.CNCCOCCOCCOCCOCCC=O. The zero-order chi connectivity index (χ0) is 35.3. The Morgan fingerprint density at radius 2 is 1.49 bits per heavy atom. The highest BCUT2D eigenvalue weighted by Crippen LogP contribution is 2.29. The molecule has 3 N–H and O–H groups in total. The molecule has 0 bridgehead atoms. The number of nitrogens with zero attached hydrogens (tertiary/aromatic N) is 2. The van der Waals surface area contributed by atoms with E-state index < -0.39 is 0 Å². The molecule has 0 radical (unpaired) electrons. The summed E-state index contributed by atoms with van der Waals surface area (Å²) >= 11 is 12.0. The molecule has 0 saturated heterocycles. The van der Waals surface area contributed by atoms with E-state index in [1.54, 1.807) is 12.1 Å². The van der Waals surface area contributed by atoms with Crippen LogP contribution in [-0.2, 0) is 38.1 Å². The first kappa shape index (κ1) is 44.6. The van der Waals surface area contributed by atoms with Gasteiger partial charge in [-0.05, 0) is 66.0 Å². The van der Waals surface area contributed by atoms with Gasteiger partial charge >= 0.3 is 0 Å². The Kier molecular flexibility index (Phi) is 27.2. The smallest absolute Gasteiger partial charge is 0.293 e. The first-order chi connectivity index (χ1) is 22.5. The lowest BCUT2D eigenvalue weighted by atomic mass is 10.1. The average molecular weight is 709 g/mol. The molecule has 15 heteroatoms. The van der Waals surface area contributed by atoms with Gasteiger partial charge in [-0.15, -0.1) is 0 Å². The summed E-state index contributed by atoms with van der Waals surface area (Å²) in [6, 6.07) is 5.38. The number of anilines is 1. The molecule has 47 heavy (non-hydrogen) atoms. The zero-order valence-electron chi connectivity index (χ0n) is 28.8. The van der Waals surface area contributed by atoms with Gasteiger partial charge in [-0.2, -0.15) is 5.10 Å². The highest BCUT2D eigenvalue weighted by Gasteiger charge is 2.25. The number of nitrogens with one attached hydrogen (secondary N) is 3. The quantitative estimate of drug-likeness (QED) is 0.127. The van der Waals surface area contributed by atoms with E-state index in [0.29, 0.717) is 94.6 Å². The second kappa shape index (κ2) is 28.6. The molecule has 1 aliphatic heterocycles. The number of halogens is 2. The van der Waals surface area contributed by atoms with Crippen LogP contribution < -0.4 is 21.0 Å². The maximum atomic E-state index is 11.9. The van der Waals surface area contributed by atoms with Crippen molar-refractivity contribution in [1.29, 1.82) is 0 Å². The molecule has 1 aliphatic rings. The fraction of sp³-hybridized carbons (Fsp3) is 0.688. The summed E-state index contributed by atoms with van der Waals surface area (Å²) in [4.78, 5) is 31.5. The Bertz CT molecular complexity index is 1010. The molecule has 1 amide bonds. The molecule has 1 aromatic rings. The first-order valence-electron chi connectivity index (χ1n) is 15.7. The molecule has 0 saturated carbocycles. The van der Waals surface area contributed by atoms with Gasteiger partial charge in [-0.25, -0.2) is 0 Å². The van der Waals surface area contributed by atoms with Crippen molar-refractivity contribution in [3.8, 4) is 0 Å². The van der Waals surface area contributed by atoms with Crippen LogP contribution in [0.2, 0.25) is 10.0 Å². The number of amides is 1. The lowest BCUT2D eigenvalue weighted by Crippen LogP contribution is -2.33. The average Bonchev–Trinajstić information content (AvgIpc) is 3.38. The molecule has 1 atom stereocenters. The summed E-state index contributed by atoms with van der Waals surface area (Å²) in [7, 11) is 3.76. The van der Waals surface area contributed by atoms with Gasteiger partial charge in [0.1, 0.15) is 17.7 Å². The van der Waals surface area contributed by atoms with Crippen molar-refractivity contribution in [3.05, 3.63) is 28.2 Å². The van der Waals surface area contributed by atoms with Crippen molar-refractivity contribution >= 4 is 53.4 Å². The summed E-state index contributed by atoms with van der Waals surface area (Å²) in [6.07, 6.45) is 2.57. The summed E-state index contributed by atoms with van der Waals surface area (Å²) in [5, 5.41) is 16.2. The normalized spacial score (nSPS) is 13.9. The van der Waals surface area contributed by atoms with E-state index in [2.05, 4.69) is 25.8 Å². The molecule has 0 spiro atoms. The van der Waals surface area contributed by atoms with E-state index in [0.717, 1.165) is 31.5 Å². The van der Waals surface area contributed by atoms with E-state index in [4.69, 9.17) is 42.1 Å². The van der Waals surface area contributed by atoms with Gasteiger partial charge in [0, 0.05) is 25.3 Å². The van der Waals surface area contributed by atoms with Crippen LogP contribution in [0.4, 0.5) is 5.69 Å². The minimum Gasteiger partial charge on any atom is -0.462 e. The summed E-state index contributed by atoms with van der Waals surface area (Å²) < 4.78 is 25.5. The Labute approximate surface area is 290 Å². The maximum absolute atomic E-state index is 11.9. The van der Waals surface area contributed by atoms with Crippen molar-refractivity contribution in [1.82, 2.24) is 16.0 Å². The molecule has 2 rings (SSSR count). The predicted octanol–water partition coefficient (Wildman–Crippen LogP) is 3.70. The number of benzene rings is 1. The van der Waals surface area contributed by atoms with Crippen LogP contribution in [0.1, 0.15) is 47.0 Å². The van der Waals surface area contributed by atoms with E-state index in [9.17, 15) is 14.4 Å². The highest BCUT2D eigenvalue weighted by molar-refractivity contribution is 6.42. The minimum absolute atomic E-state index is 0.00293. The number of hydrazone groups is 1. The first-order valence-corrected chi connectivity index (χ1v) is 16.5. The topological polar surface area (TPSA) is 149 Å². The van der Waals surface area contributed by atoms with Crippen LogP contribution in [0.5, 0.6) is 0 Å². The third-order valence-corrected chi connectivity index (χ3v) is 6.57. The maximum Gasteiger partial charge on any atom is 0.293 e. The van der Waals surface area contributed by atoms with Crippen molar-refractivity contribution in [2.45, 2.75) is 52.6 Å². The molecule has 0 aliphatic carbocycles. The Morgan fingerprint density at radius 1 is 0.915 bits per heavy atom. The summed E-state index contributed by atoms with van der Waals surface area (Å²) in [6.45, 7) is 14.8. The molecule has 0 aromatic heterocycles. The Morgan fingerprint density at radius 3 is 1.98 bits per heavy atom. The van der Waals surface area contributed by atoms with Gasteiger partial charge in [-0.3, -0.25) is 14.6 Å². The van der Waals surface area contributed by atoms with Crippen molar-refractivity contribution < 1.29 is 38.1 Å². The Balaban J connectivity index is 0.000000762. The van der Waals surface area contributed by atoms with Gasteiger partial charge < -0.3 is 44.4 Å². The molecule has 1 aromatic carbocycles. The molecule has 0 fully saturated rings. The fourth-order valence-corrected chi connectivity index (χ4v) is 3.71. The third-order valence-electron chi connectivity index (χ3n) is 5.84. The number of rotatable bonds is 21. The zero-order valence-corrected chi connectivity index (χ0v) is 30.3.